The second-order valence-corrected chi connectivity index (χ2v) is 2.26. The molecule has 1 fully saturated rings. The van der Waals surface area contributed by atoms with Crippen LogP contribution in [-0.4, -0.2) is 12.4 Å². The van der Waals surface area contributed by atoms with Crippen LogP contribution < -0.4 is 0 Å². The van der Waals surface area contributed by atoms with Crippen molar-refractivity contribution < 1.29 is 9.84 Å². The molecule has 1 saturated carbocycles. The fourth-order valence-electron chi connectivity index (χ4n) is 0.534. The van der Waals surface area contributed by atoms with Crippen LogP contribution in [0.1, 0.15) is 26.2 Å². The molecule has 0 saturated heterocycles. The molecule has 0 aliphatic heterocycles. The van der Waals surface area contributed by atoms with Crippen LogP contribution in [0.15, 0.2) is 0 Å². The largest absolute Gasteiger partial charge is 0.347 e. The molecule has 2 nitrogen and oxygen atoms in total. The van der Waals surface area contributed by atoms with Crippen LogP contribution in [0, 0.1) is 0 Å². The highest BCUT2D eigenvalue weighted by Crippen LogP contribution is 2.36. The molecule has 0 atom stereocenters. The molecular weight excluding hydrogens is 104 g/mol. The summed E-state index contributed by atoms with van der Waals surface area (Å²) in [5.41, 5.74) is 0. The van der Waals surface area contributed by atoms with Gasteiger partial charge in [-0.1, -0.05) is 6.92 Å². The molecule has 1 aliphatic rings. The lowest BCUT2D eigenvalue weighted by Gasteiger charge is -2.03. The molecule has 0 N–H and O–H groups in total. The summed E-state index contributed by atoms with van der Waals surface area (Å²) in [7, 11) is 0. The predicted octanol–water partition coefficient (Wildman–Crippen LogP) is 1.33. The van der Waals surface area contributed by atoms with E-state index in [0.717, 1.165) is 6.42 Å². The van der Waals surface area contributed by atoms with E-state index < -0.39 is 5.79 Å². The fraction of sp³-hybridized carbons (Fsp3) is 1.00. The Balaban J connectivity index is 2.01. The fourth-order valence-corrected chi connectivity index (χ4v) is 0.534. The van der Waals surface area contributed by atoms with Gasteiger partial charge in [-0.2, -0.15) is 5.11 Å². The molecule has 0 aromatic rings. The van der Waals surface area contributed by atoms with Crippen molar-refractivity contribution >= 4 is 0 Å². The summed E-state index contributed by atoms with van der Waals surface area (Å²) in [6, 6.07) is 0. The Kier molecular flexibility index (Phi) is 1.54. The van der Waals surface area contributed by atoms with Crippen LogP contribution in [0.3, 0.4) is 0 Å². The number of hydrogen-bond donors (Lipinski definition) is 0. The Labute approximate surface area is 49.5 Å². The minimum absolute atomic E-state index is 0.628. The molecule has 0 unspecified atom stereocenters. The van der Waals surface area contributed by atoms with Gasteiger partial charge < -0.3 is 4.74 Å². The highest BCUT2D eigenvalue weighted by atomic mass is 16.6. The SMILES string of the molecule is CCCOC1([O])CC1. The Bertz CT molecular complexity index is 76.6. The monoisotopic (exact) mass is 115 g/mol. The van der Waals surface area contributed by atoms with Gasteiger partial charge in [-0.25, -0.2) is 0 Å². The summed E-state index contributed by atoms with van der Waals surface area (Å²) in [5.74, 6) is -0.948. The van der Waals surface area contributed by atoms with E-state index in [9.17, 15) is 5.11 Å². The van der Waals surface area contributed by atoms with Gasteiger partial charge in [0.15, 0.2) is 0 Å². The maximum absolute atomic E-state index is 10.8. The first-order valence-electron chi connectivity index (χ1n) is 3.11. The van der Waals surface area contributed by atoms with Crippen LogP contribution in [0.25, 0.3) is 0 Å². The maximum Gasteiger partial charge on any atom is 0.202 e. The topological polar surface area (TPSA) is 29.1 Å². The van der Waals surface area contributed by atoms with Crippen molar-refractivity contribution in [1.82, 2.24) is 0 Å². The zero-order valence-corrected chi connectivity index (χ0v) is 5.14. The van der Waals surface area contributed by atoms with Gasteiger partial charge in [0, 0.05) is 19.4 Å². The second-order valence-electron chi connectivity index (χ2n) is 2.26. The Morgan fingerprint density at radius 1 is 1.62 bits per heavy atom. The molecular formula is C6H11O2. The number of ether oxygens (including phenoxy) is 1. The zero-order chi connectivity index (χ0) is 6.04. The van der Waals surface area contributed by atoms with E-state index in [0.29, 0.717) is 19.4 Å². The van der Waals surface area contributed by atoms with Gasteiger partial charge in [-0.3, -0.25) is 0 Å². The van der Waals surface area contributed by atoms with E-state index in [1.807, 2.05) is 6.92 Å². The summed E-state index contributed by atoms with van der Waals surface area (Å²) in [6.45, 7) is 2.63. The van der Waals surface area contributed by atoms with Crippen molar-refractivity contribution in [2.45, 2.75) is 32.0 Å². The Morgan fingerprint density at radius 2 is 2.25 bits per heavy atom. The quantitative estimate of drug-likeness (QED) is 0.510. The highest BCUT2D eigenvalue weighted by molar-refractivity contribution is 4.82. The van der Waals surface area contributed by atoms with Crippen molar-refractivity contribution in [3.63, 3.8) is 0 Å². The molecule has 1 aliphatic carbocycles. The van der Waals surface area contributed by atoms with Gasteiger partial charge in [0.25, 0.3) is 0 Å². The molecule has 2 heteroatoms. The molecule has 0 bridgehead atoms. The predicted molar refractivity (Wildman–Crippen MR) is 28.9 cm³/mol. The van der Waals surface area contributed by atoms with E-state index in [1.54, 1.807) is 0 Å². The average molecular weight is 115 g/mol. The van der Waals surface area contributed by atoms with Gasteiger partial charge in [-0.05, 0) is 6.42 Å². The van der Waals surface area contributed by atoms with E-state index in [4.69, 9.17) is 4.74 Å². The summed E-state index contributed by atoms with van der Waals surface area (Å²) in [4.78, 5) is 0. The van der Waals surface area contributed by atoms with Gasteiger partial charge >= 0.3 is 0 Å². The van der Waals surface area contributed by atoms with Crippen LogP contribution in [0.5, 0.6) is 0 Å². The third kappa shape index (κ3) is 1.46. The van der Waals surface area contributed by atoms with E-state index in [2.05, 4.69) is 0 Å². The minimum Gasteiger partial charge on any atom is -0.347 e. The third-order valence-electron chi connectivity index (χ3n) is 1.23. The number of hydrogen-bond acceptors (Lipinski definition) is 1. The van der Waals surface area contributed by atoms with Crippen LogP contribution in [-0.2, 0) is 9.84 Å². The van der Waals surface area contributed by atoms with Gasteiger partial charge in [0.05, 0.1) is 0 Å². The van der Waals surface area contributed by atoms with Crippen molar-refractivity contribution in [3.05, 3.63) is 0 Å². The lowest BCUT2D eigenvalue weighted by atomic mass is 10.5. The van der Waals surface area contributed by atoms with E-state index in [-0.39, 0.29) is 0 Å². The minimum atomic E-state index is -0.948. The lowest BCUT2D eigenvalue weighted by molar-refractivity contribution is -0.165. The van der Waals surface area contributed by atoms with Gasteiger partial charge in [0.1, 0.15) is 0 Å². The second kappa shape index (κ2) is 2.03. The smallest absolute Gasteiger partial charge is 0.202 e. The first-order valence-corrected chi connectivity index (χ1v) is 3.11. The molecule has 0 heterocycles. The van der Waals surface area contributed by atoms with Crippen LogP contribution in [0.2, 0.25) is 0 Å². The third-order valence-corrected chi connectivity index (χ3v) is 1.23. The molecule has 47 valence electrons. The van der Waals surface area contributed by atoms with Crippen LogP contribution in [0.4, 0.5) is 0 Å². The molecule has 0 amide bonds. The summed E-state index contributed by atoms with van der Waals surface area (Å²) < 4.78 is 4.93. The number of rotatable bonds is 3. The first-order chi connectivity index (χ1) is 3.77. The molecule has 8 heavy (non-hydrogen) atoms. The molecule has 0 spiro atoms. The summed E-state index contributed by atoms with van der Waals surface area (Å²) >= 11 is 0. The Hall–Kier alpha value is -0.0800. The molecule has 0 aromatic carbocycles. The normalized spacial score (nSPS) is 23.2. The lowest BCUT2D eigenvalue weighted by Crippen LogP contribution is -2.10. The van der Waals surface area contributed by atoms with E-state index in [1.165, 1.54) is 0 Å². The zero-order valence-electron chi connectivity index (χ0n) is 5.14. The van der Waals surface area contributed by atoms with Crippen molar-refractivity contribution in [2.75, 3.05) is 6.61 Å². The first kappa shape index (κ1) is 6.05. The summed E-state index contributed by atoms with van der Waals surface area (Å²) in [5, 5.41) is 10.8. The van der Waals surface area contributed by atoms with Crippen molar-refractivity contribution in [3.8, 4) is 0 Å². The molecule has 1 radical (unpaired) electrons. The van der Waals surface area contributed by atoms with Crippen molar-refractivity contribution in [2.24, 2.45) is 0 Å². The van der Waals surface area contributed by atoms with Gasteiger partial charge in [-0.15, -0.1) is 0 Å². The highest BCUT2D eigenvalue weighted by Gasteiger charge is 2.43. The Morgan fingerprint density at radius 3 is 2.62 bits per heavy atom. The van der Waals surface area contributed by atoms with Crippen molar-refractivity contribution in [1.29, 1.82) is 0 Å². The molecule has 0 aromatic heterocycles. The molecule has 1 rings (SSSR count). The standard InChI is InChI=1S/C6H11O2/c1-2-5-8-6(7)3-4-6/h2-5H2,1H3. The van der Waals surface area contributed by atoms with E-state index >= 15 is 0 Å². The maximum atomic E-state index is 10.8. The van der Waals surface area contributed by atoms with Crippen LogP contribution >= 0.6 is 0 Å². The summed E-state index contributed by atoms with van der Waals surface area (Å²) in [6.07, 6.45) is 2.38. The average Bonchev–Trinajstić information content (AvgIpc) is 2.45. The van der Waals surface area contributed by atoms with Gasteiger partial charge in [0.2, 0.25) is 5.79 Å².